The number of methoxy groups -OCH3 is 2. The topological polar surface area (TPSA) is 70.3 Å². The molecule has 1 heterocycles. The van der Waals surface area contributed by atoms with Crippen molar-refractivity contribution in [2.75, 3.05) is 14.2 Å². The van der Waals surface area contributed by atoms with E-state index in [0.29, 0.717) is 17.4 Å². The number of ether oxygens (including phenoxy) is 2. The van der Waals surface area contributed by atoms with Crippen molar-refractivity contribution < 1.29 is 9.47 Å². The van der Waals surface area contributed by atoms with E-state index in [0.717, 1.165) is 16.1 Å². The summed E-state index contributed by atoms with van der Waals surface area (Å²) in [4.78, 5) is 0.993. The van der Waals surface area contributed by atoms with Crippen molar-refractivity contribution in [2.24, 2.45) is 5.73 Å². The molecule has 0 spiro atoms. The van der Waals surface area contributed by atoms with E-state index in [1.165, 1.54) is 11.5 Å². The largest absolute Gasteiger partial charge is 0.493 e. The summed E-state index contributed by atoms with van der Waals surface area (Å²) in [5.74, 6) is 1.66. The maximum atomic E-state index is 6.35. The first-order chi connectivity index (χ1) is 9.58. The molecule has 0 aliphatic carbocycles. The molecular weight excluding hydrogens is 274 g/mol. The van der Waals surface area contributed by atoms with Crippen LogP contribution >= 0.6 is 11.5 Å². The molecule has 0 saturated carbocycles. The van der Waals surface area contributed by atoms with Crippen LogP contribution in [0.25, 0.3) is 0 Å². The molecule has 0 saturated heterocycles. The van der Waals surface area contributed by atoms with Crippen molar-refractivity contribution in [1.29, 1.82) is 0 Å². The Morgan fingerprint density at radius 3 is 2.45 bits per heavy atom. The molecule has 0 aliphatic rings. The number of nitrogens with zero attached hydrogens (tertiary/aromatic N) is 2. The Labute approximate surface area is 122 Å². The smallest absolute Gasteiger partial charge is 0.161 e. The lowest BCUT2D eigenvalue weighted by atomic mass is 10.0. The minimum Gasteiger partial charge on any atom is -0.493 e. The molecule has 0 bridgehead atoms. The normalized spacial score (nSPS) is 12.5. The van der Waals surface area contributed by atoms with Crippen LogP contribution in [0, 0.1) is 0 Å². The Kier molecular flexibility index (Phi) is 4.57. The second kappa shape index (κ2) is 6.19. The predicted molar refractivity (Wildman–Crippen MR) is 79.6 cm³/mol. The molecule has 1 aromatic carbocycles. The van der Waals surface area contributed by atoms with Crippen molar-refractivity contribution in [3.8, 4) is 11.5 Å². The highest BCUT2D eigenvalue weighted by atomic mass is 32.1. The third-order valence-corrected chi connectivity index (χ3v) is 3.96. The highest BCUT2D eigenvalue weighted by molar-refractivity contribution is 7.05. The molecule has 1 unspecified atom stereocenters. The maximum Gasteiger partial charge on any atom is 0.161 e. The van der Waals surface area contributed by atoms with Gasteiger partial charge in [0.1, 0.15) is 0 Å². The summed E-state index contributed by atoms with van der Waals surface area (Å²) in [6, 6.07) is 5.44. The Morgan fingerprint density at radius 1 is 1.15 bits per heavy atom. The van der Waals surface area contributed by atoms with E-state index < -0.39 is 0 Å². The number of nitrogens with two attached hydrogens (primary N) is 1. The van der Waals surface area contributed by atoms with Crippen molar-refractivity contribution in [3.05, 3.63) is 34.3 Å². The lowest BCUT2D eigenvalue weighted by Gasteiger charge is -2.15. The highest BCUT2D eigenvalue weighted by Gasteiger charge is 2.20. The molecule has 2 rings (SSSR count). The van der Waals surface area contributed by atoms with Crippen molar-refractivity contribution in [2.45, 2.75) is 25.8 Å². The SMILES string of the molecule is COc1ccc(C(N)c2snnc2C(C)C)cc1OC. The van der Waals surface area contributed by atoms with Crippen LogP contribution in [-0.2, 0) is 0 Å². The predicted octanol–water partition coefficient (Wildman–Crippen LogP) is 2.73. The van der Waals surface area contributed by atoms with Crippen molar-refractivity contribution in [1.82, 2.24) is 9.59 Å². The zero-order valence-electron chi connectivity index (χ0n) is 12.1. The molecule has 0 radical (unpaired) electrons. The van der Waals surface area contributed by atoms with E-state index in [4.69, 9.17) is 15.2 Å². The maximum absolute atomic E-state index is 6.35. The third-order valence-electron chi connectivity index (χ3n) is 3.14. The van der Waals surface area contributed by atoms with Crippen LogP contribution in [0.1, 0.15) is 41.9 Å². The Morgan fingerprint density at radius 2 is 1.85 bits per heavy atom. The van der Waals surface area contributed by atoms with E-state index in [2.05, 4.69) is 23.4 Å². The summed E-state index contributed by atoms with van der Waals surface area (Å²) in [5.41, 5.74) is 8.26. The molecular formula is C14H19N3O2S. The fourth-order valence-electron chi connectivity index (χ4n) is 2.02. The quantitative estimate of drug-likeness (QED) is 0.918. The zero-order chi connectivity index (χ0) is 14.7. The Hall–Kier alpha value is -1.66. The Balaban J connectivity index is 2.38. The van der Waals surface area contributed by atoms with Gasteiger partial charge in [-0.1, -0.05) is 24.4 Å². The summed E-state index contributed by atoms with van der Waals surface area (Å²) in [6.45, 7) is 4.17. The molecule has 0 amide bonds. The summed E-state index contributed by atoms with van der Waals surface area (Å²) in [5, 5.41) is 4.17. The van der Waals surface area contributed by atoms with Gasteiger partial charge in [0.15, 0.2) is 11.5 Å². The molecule has 5 nitrogen and oxygen atoms in total. The summed E-state index contributed by atoms with van der Waals surface area (Å²) >= 11 is 1.35. The molecule has 2 aromatic rings. The van der Waals surface area contributed by atoms with E-state index in [-0.39, 0.29) is 6.04 Å². The van der Waals surface area contributed by atoms with E-state index in [9.17, 15) is 0 Å². The standard InChI is InChI=1S/C14H19N3O2S/c1-8(2)13-14(20-17-16-13)12(15)9-5-6-10(18-3)11(7-9)19-4/h5-8,12H,15H2,1-4H3. The first-order valence-electron chi connectivity index (χ1n) is 6.38. The van der Waals surface area contributed by atoms with Crippen LogP contribution in [0.2, 0.25) is 0 Å². The van der Waals surface area contributed by atoms with Gasteiger partial charge in [-0.15, -0.1) is 5.10 Å². The van der Waals surface area contributed by atoms with Gasteiger partial charge in [-0.3, -0.25) is 0 Å². The van der Waals surface area contributed by atoms with Crippen molar-refractivity contribution in [3.63, 3.8) is 0 Å². The van der Waals surface area contributed by atoms with Gasteiger partial charge in [0.25, 0.3) is 0 Å². The van der Waals surface area contributed by atoms with Crippen LogP contribution in [0.15, 0.2) is 18.2 Å². The van der Waals surface area contributed by atoms with Gasteiger partial charge in [-0.05, 0) is 35.1 Å². The fourth-order valence-corrected chi connectivity index (χ4v) is 2.85. The van der Waals surface area contributed by atoms with Gasteiger partial charge >= 0.3 is 0 Å². The molecule has 2 N–H and O–H groups in total. The third kappa shape index (κ3) is 2.76. The minimum absolute atomic E-state index is 0.257. The zero-order valence-corrected chi connectivity index (χ0v) is 12.9. The number of benzene rings is 1. The van der Waals surface area contributed by atoms with Crippen LogP contribution in [0.3, 0.4) is 0 Å². The van der Waals surface area contributed by atoms with Crippen LogP contribution in [0.4, 0.5) is 0 Å². The molecule has 108 valence electrons. The second-order valence-electron chi connectivity index (χ2n) is 4.77. The average Bonchev–Trinajstić information content (AvgIpc) is 2.95. The van der Waals surface area contributed by atoms with Gasteiger partial charge in [-0.25, -0.2) is 0 Å². The lowest BCUT2D eigenvalue weighted by Crippen LogP contribution is -2.13. The molecule has 6 heteroatoms. The Bertz CT molecular complexity index is 584. The number of aromatic nitrogens is 2. The second-order valence-corrected chi connectivity index (χ2v) is 5.55. The molecule has 20 heavy (non-hydrogen) atoms. The number of hydrogen-bond donors (Lipinski definition) is 1. The minimum atomic E-state index is -0.257. The molecule has 1 atom stereocenters. The lowest BCUT2D eigenvalue weighted by molar-refractivity contribution is 0.354. The van der Waals surface area contributed by atoms with Crippen LogP contribution < -0.4 is 15.2 Å². The average molecular weight is 293 g/mol. The molecule has 1 aromatic heterocycles. The highest BCUT2D eigenvalue weighted by Crippen LogP contribution is 2.34. The van der Waals surface area contributed by atoms with Crippen LogP contribution in [-0.4, -0.2) is 23.8 Å². The van der Waals surface area contributed by atoms with E-state index in [1.807, 2.05) is 18.2 Å². The fraction of sp³-hybridized carbons (Fsp3) is 0.429. The van der Waals surface area contributed by atoms with Crippen LogP contribution in [0.5, 0.6) is 11.5 Å². The number of hydrogen-bond acceptors (Lipinski definition) is 6. The van der Waals surface area contributed by atoms with Crippen molar-refractivity contribution >= 4 is 11.5 Å². The van der Waals surface area contributed by atoms with Gasteiger partial charge in [0.05, 0.1) is 30.8 Å². The monoisotopic (exact) mass is 293 g/mol. The molecule has 0 aliphatic heterocycles. The van der Waals surface area contributed by atoms with Gasteiger partial charge < -0.3 is 15.2 Å². The van der Waals surface area contributed by atoms with Gasteiger partial charge in [0, 0.05) is 0 Å². The molecule has 0 fully saturated rings. The van der Waals surface area contributed by atoms with Gasteiger partial charge in [0.2, 0.25) is 0 Å². The summed E-state index contributed by atoms with van der Waals surface area (Å²) in [6.07, 6.45) is 0. The summed E-state index contributed by atoms with van der Waals surface area (Å²) < 4.78 is 14.6. The van der Waals surface area contributed by atoms with E-state index in [1.54, 1.807) is 14.2 Å². The van der Waals surface area contributed by atoms with E-state index >= 15 is 0 Å². The van der Waals surface area contributed by atoms with Gasteiger partial charge in [-0.2, -0.15) is 0 Å². The summed E-state index contributed by atoms with van der Waals surface area (Å²) in [7, 11) is 3.22. The number of rotatable bonds is 5. The first kappa shape index (κ1) is 14.7. The first-order valence-corrected chi connectivity index (χ1v) is 7.15.